The Morgan fingerprint density at radius 2 is 1.79 bits per heavy atom. The van der Waals surface area contributed by atoms with Crippen molar-refractivity contribution in [2.24, 2.45) is 23.0 Å². The average molecular weight is 272 g/mol. The average Bonchev–Trinajstić information content (AvgIpc) is 2.33. The normalized spacial score (nSPS) is 15.4. The zero-order valence-corrected chi connectivity index (χ0v) is 13.2. The molecule has 0 aromatic rings. The van der Waals surface area contributed by atoms with Crippen LogP contribution in [-0.4, -0.2) is 30.2 Å². The van der Waals surface area contributed by atoms with Crippen LogP contribution in [0.2, 0.25) is 0 Å². The minimum atomic E-state index is -0.466. The molecule has 2 unspecified atom stereocenters. The predicted molar refractivity (Wildman–Crippen MR) is 79.7 cm³/mol. The lowest BCUT2D eigenvalue weighted by Gasteiger charge is -2.26. The standard InChI is InChI=1S/C15H32N2O2/c1-6-11(7-2)13(18)10-17-14(19)12(9-16)8-15(3,4)5/h11-13,18H,6-10,16H2,1-5H3,(H,17,19). The van der Waals surface area contributed by atoms with Gasteiger partial charge < -0.3 is 16.2 Å². The molecule has 0 heterocycles. The van der Waals surface area contributed by atoms with E-state index >= 15 is 0 Å². The van der Waals surface area contributed by atoms with Crippen LogP contribution in [0.1, 0.15) is 53.9 Å². The molecule has 0 aromatic carbocycles. The highest BCUT2D eigenvalue weighted by Crippen LogP contribution is 2.24. The molecule has 4 nitrogen and oxygen atoms in total. The van der Waals surface area contributed by atoms with E-state index in [9.17, 15) is 9.90 Å². The van der Waals surface area contributed by atoms with Gasteiger partial charge in [0.25, 0.3) is 0 Å². The fourth-order valence-corrected chi connectivity index (χ4v) is 2.37. The van der Waals surface area contributed by atoms with E-state index in [-0.39, 0.29) is 23.2 Å². The third-order valence-electron chi connectivity index (χ3n) is 3.59. The first-order valence-corrected chi connectivity index (χ1v) is 7.41. The molecule has 0 fully saturated rings. The summed E-state index contributed by atoms with van der Waals surface area (Å²) in [6.07, 6.45) is 2.15. The molecule has 0 saturated heterocycles. The van der Waals surface area contributed by atoms with Crippen LogP contribution in [0.15, 0.2) is 0 Å². The summed E-state index contributed by atoms with van der Waals surface area (Å²) in [4.78, 5) is 12.1. The van der Waals surface area contributed by atoms with Gasteiger partial charge in [-0.3, -0.25) is 4.79 Å². The molecule has 114 valence electrons. The van der Waals surface area contributed by atoms with Gasteiger partial charge in [0, 0.05) is 13.1 Å². The number of rotatable bonds is 8. The first-order chi connectivity index (χ1) is 8.75. The smallest absolute Gasteiger partial charge is 0.224 e. The summed E-state index contributed by atoms with van der Waals surface area (Å²) in [6.45, 7) is 11.1. The highest BCUT2D eigenvalue weighted by atomic mass is 16.3. The Kier molecular flexibility index (Phi) is 8.26. The number of amides is 1. The number of nitrogens with two attached hydrogens (primary N) is 1. The van der Waals surface area contributed by atoms with Gasteiger partial charge in [-0.05, 0) is 17.8 Å². The van der Waals surface area contributed by atoms with Crippen molar-refractivity contribution >= 4 is 5.91 Å². The molecule has 0 rings (SSSR count). The van der Waals surface area contributed by atoms with E-state index in [0.29, 0.717) is 13.1 Å². The third-order valence-corrected chi connectivity index (χ3v) is 3.59. The van der Waals surface area contributed by atoms with E-state index in [1.807, 2.05) is 0 Å². The van der Waals surface area contributed by atoms with Crippen LogP contribution in [0.25, 0.3) is 0 Å². The monoisotopic (exact) mass is 272 g/mol. The molecule has 0 spiro atoms. The van der Waals surface area contributed by atoms with Crippen LogP contribution in [0, 0.1) is 17.3 Å². The van der Waals surface area contributed by atoms with Crippen molar-refractivity contribution < 1.29 is 9.90 Å². The van der Waals surface area contributed by atoms with Gasteiger partial charge in [-0.25, -0.2) is 0 Å². The second-order valence-corrected chi connectivity index (χ2v) is 6.59. The topological polar surface area (TPSA) is 75.3 Å². The molecule has 4 heteroatoms. The highest BCUT2D eigenvalue weighted by molar-refractivity contribution is 5.78. The van der Waals surface area contributed by atoms with Gasteiger partial charge in [0.1, 0.15) is 0 Å². The van der Waals surface area contributed by atoms with E-state index < -0.39 is 6.10 Å². The predicted octanol–water partition coefficient (Wildman–Crippen LogP) is 1.91. The lowest BCUT2D eigenvalue weighted by atomic mass is 9.84. The van der Waals surface area contributed by atoms with Crippen LogP contribution in [0.5, 0.6) is 0 Å². The minimum absolute atomic E-state index is 0.0394. The molecule has 0 bridgehead atoms. The van der Waals surface area contributed by atoms with Crippen LogP contribution in [0.4, 0.5) is 0 Å². The van der Waals surface area contributed by atoms with Crippen LogP contribution in [0.3, 0.4) is 0 Å². The number of hydrogen-bond acceptors (Lipinski definition) is 3. The second kappa shape index (κ2) is 8.54. The third kappa shape index (κ3) is 7.53. The van der Waals surface area contributed by atoms with E-state index in [2.05, 4.69) is 39.9 Å². The summed E-state index contributed by atoms with van der Waals surface area (Å²) in [6, 6.07) is 0. The largest absolute Gasteiger partial charge is 0.391 e. The quantitative estimate of drug-likeness (QED) is 0.632. The van der Waals surface area contributed by atoms with Crippen molar-refractivity contribution in [2.45, 2.75) is 60.0 Å². The van der Waals surface area contributed by atoms with Gasteiger partial charge in [0.2, 0.25) is 5.91 Å². The van der Waals surface area contributed by atoms with E-state index in [4.69, 9.17) is 5.73 Å². The van der Waals surface area contributed by atoms with Gasteiger partial charge in [-0.15, -0.1) is 0 Å². The Morgan fingerprint density at radius 1 is 1.26 bits per heavy atom. The number of aliphatic hydroxyl groups excluding tert-OH is 1. The first-order valence-electron chi connectivity index (χ1n) is 7.41. The lowest BCUT2D eigenvalue weighted by molar-refractivity contribution is -0.126. The highest BCUT2D eigenvalue weighted by Gasteiger charge is 2.24. The molecule has 0 radical (unpaired) electrons. The molecule has 4 N–H and O–H groups in total. The van der Waals surface area contributed by atoms with Crippen molar-refractivity contribution in [3.63, 3.8) is 0 Å². The van der Waals surface area contributed by atoms with Crippen LogP contribution < -0.4 is 11.1 Å². The maximum Gasteiger partial charge on any atom is 0.224 e. The fourth-order valence-electron chi connectivity index (χ4n) is 2.37. The molecule has 1 amide bonds. The molecule has 0 aliphatic rings. The van der Waals surface area contributed by atoms with E-state index in [1.54, 1.807) is 0 Å². The van der Waals surface area contributed by atoms with E-state index in [0.717, 1.165) is 19.3 Å². The van der Waals surface area contributed by atoms with Crippen LogP contribution >= 0.6 is 0 Å². The lowest BCUT2D eigenvalue weighted by Crippen LogP contribution is -2.42. The van der Waals surface area contributed by atoms with Gasteiger partial charge in [-0.2, -0.15) is 0 Å². The molecule has 0 aliphatic carbocycles. The molecular weight excluding hydrogens is 240 g/mol. The summed E-state index contributed by atoms with van der Waals surface area (Å²) in [5, 5.41) is 12.8. The van der Waals surface area contributed by atoms with Crippen molar-refractivity contribution in [3.8, 4) is 0 Å². The Labute approximate surface area is 118 Å². The number of carbonyl (C=O) groups excluding carboxylic acids is 1. The summed E-state index contributed by atoms with van der Waals surface area (Å²) >= 11 is 0. The van der Waals surface area contributed by atoms with Crippen LogP contribution in [-0.2, 0) is 4.79 Å². The molecule has 0 saturated carbocycles. The Balaban J connectivity index is 4.28. The number of hydrogen-bond donors (Lipinski definition) is 3. The van der Waals surface area contributed by atoms with Gasteiger partial charge in [-0.1, -0.05) is 47.5 Å². The summed E-state index contributed by atoms with van der Waals surface area (Å²) in [5.41, 5.74) is 5.75. The second-order valence-electron chi connectivity index (χ2n) is 6.59. The van der Waals surface area contributed by atoms with Crippen molar-refractivity contribution in [1.29, 1.82) is 0 Å². The van der Waals surface area contributed by atoms with Crippen molar-refractivity contribution in [1.82, 2.24) is 5.32 Å². The molecular formula is C15H32N2O2. The molecule has 0 aromatic heterocycles. The zero-order valence-electron chi connectivity index (χ0n) is 13.2. The molecule has 2 atom stereocenters. The maximum atomic E-state index is 12.1. The maximum absolute atomic E-state index is 12.1. The number of aliphatic hydroxyl groups is 1. The summed E-state index contributed by atoms with van der Waals surface area (Å²) < 4.78 is 0. The van der Waals surface area contributed by atoms with E-state index in [1.165, 1.54) is 0 Å². The van der Waals surface area contributed by atoms with Gasteiger partial charge in [0.05, 0.1) is 12.0 Å². The van der Waals surface area contributed by atoms with Crippen molar-refractivity contribution in [2.75, 3.05) is 13.1 Å². The Morgan fingerprint density at radius 3 is 2.16 bits per heavy atom. The summed E-state index contributed by atoms with van der Waals surface area (Å²) in [7, 11) is 0. The Hall–Kier alpha value is -0.610. The van der Waals surface area contributed by atoms with Gasteiger partial charge in [0.15, 0.2) is 0 Å². The number of carbonyl (C=O) groups is 1. The number of nitrogens with one attached hydrogen (secondary N) is 1. The van der Waals surface area contributed by atoms with Crippen molar-refractivity contribution in [3.05, 3.63) is 0 Å². The van der Waals surface area contributed by atoms with Gasteiger partial charge >= 0.3 is 0 Å². The fraction of sp³-hybridized carbons (Fsp3) is 0.933. The zero-order chi connectivity index (χ0) is 15.1. The Bertz CT molecular complexity index is 257. The summed E-state index contributed by atoms with van der Waals surface area (Å²) in [5.74, 6) is 0.0376. The molecule has 19 heavy (non-hydrogen) atoms. The SMILES string of the molecule is CCC(CC)C(O)CNC(=O)C(CN)CC(C)(C)C. The minimum Gasteiger partial charge on any atom is -0.391 e. The first kappa shape index (κ1) is 18.4. The molecule has 0 aliphatic heterocycles.